The predicted octanol–water partition coefficient (Wildman–Crippen LogP) is 1.66. The third kappa shape index (κ3) is 10.4. The van der Waals surface area contributed by atoms with Crippen LogP contribution in [0, 0.1) is 5.92 Å². The minimum absolute atomic E-state index is 0.260. The van der Waals surface area contributed by atoms with Crippen LogP contribution in [-0.2, 0) is 14.3 Å². The maximum Gasteiger partial charge on any atom is 0.511 e. The van der Waals surface area contributed by atoms with E-state index in [0.717, 1.165) is 0 Å². The average molecular weight is 219 g/mol. The molecule has 0 aromatic rings. The van der Waals surface area contributed by atoms with Crippen LogP contribution in [0.3, 0.4) is 0 Å². The van der Waals surface area contributed by atoms with E-state index in [1.807, 2.05) is 13.8 Å². The molecule has 0 radical (unpaired) electrons. The van der Waals surface area contributed by atoms with Crippen LogP contribution in [0.15, 0.2) is 10.5 Å². The number of rotatable bonds is 7. The van der Waals surface area contributed by atoms with E-state index in [2.05, 4.69) is 30.2 Å². The minimum Gasteiger partial charge on any atom is -0.435 e. The molecule has 0 rings (SSSR count). The summed E-state index contributed by atoms with van der Waals surface area (Å²) in [5, 5.41) is 6.73. The van der Waals surface area contributed by atoms with Gasteiger partial charge in [-0.2, -0.15) is 0 Å². The lowest BCUT2D eigenvalue weighted by Crippen LogP contribution is -2.12. The highest BCUT2D eigenvalue weighted by molar-refractivity contribution is 5.59. The molecule has 0 aliphatic carbocycles. The first-order chi connectivity index (χ1) is 7.16. The van der Waals surface area contributed by atoms with Gasteiger partial charge in [0.25, 0.3) is 6.79 Å². The number of hydrogen-bond donors (Lipinski definition) is 1. The van der Waals surface area contributed by atoms with E-state index in [1.54, 1.807) is 6.92 Å². The summed E-state index contributed by atoms with van der Waals surface area (Å²) in [5.41, 5.74) is 2.66. The molecule has 0 heterocycles. The summed E-state index contributed by atoms with van der Waals surface area (Å²) in [5.74, 6) is 0.472. The summed E-state index contributed by atoms with van der Waals surface area (Å²) in [4.78, 5) is 15.1. The van der Waals surface area contributed by atoms with Gasteiger partial charge < -0.3 is 14.3 Å². The number of hydrogen-bond acceptors (Lipinski definition) is 6. The Hall–Kier alpha value is -1.53. The summed E-state index contributed by atoms with van der Waals surface area (Å²) < 4.78 is 8.92. The van der Waals surface area contributed by atoms with Crippen molar-refractivity contribution in [2.45, 2.75) is 20.8 Å². The second-order valence-corrected chi connectivity index (χ2v) is 3.01. The summed E-state index contributed by atoms with van der Waals surface area (Å²) in [6.07, 6.45) is -0.789. The quantitative estimate of drug-likeness (QED) is 0.231. The first kappa shape index (κ1) is 13.5. The molecule has 0 spiro atoms. The molecule has 0 saturated carbocycles. The molecule has 15 heavy (non-hydrogen) atoms. The van der Waals surface area contributed by atoms with Crippen LogP contribution < -0.4 is 5.43 Å². The zero-order chi connectivity index (χ0) is 11.5. The Morgan fingerprint density at radius 1 is 1.40 bits per heavy atom. The molecule has 0 atom stereocenters. The van der Waals surface area contributed by atoms with E-state index in [4.69, 9.17) is 0 Å². The fourth-order valence-electron chi connectivity index (χ4n) is 0.539. The van der Waals surface area contributed by atoms with E-state index in [0.29, 0.717) is 12.5 Å². The van der Waals surface area contributed by atoms with Gasteiger partial charge in [0.05, 0.1) is 6.61 Å². The monoisotopic (exact) mass is 219 g/mol. The van der Waals surface area contributed by atoms with Crippen molar-refractivity contribution in [2.75, 3.05) is 19.9 Å². The molecule has 0 unspecified atom stereocenters. The van der Waals surface area contributed by atoms with Crippen molar-refractivity contribution in [3.63, 3.8) is 0 Å². The molecule has 88 valence electrons. The molecule has 0 aromatic carbocycles. The van der Waals surface area contributed by atoms with Crippen molar-refractivity contribution in [3.8, 4) is 0 Å². The molecule has 0 aromatic heterocycles. The maximum absolute atomic E-state index is 10.6. The smallest absolute Gasteiger partial charge is 0.435 e. The Morgan fingerprint density at radius 2 is 2.13 bits per heavy atom. The Bertz CT molecular complexity index is 196. The SMILES string of the molecule is CCOC(=O)OCO/N=N/NCC(C)C. The largest absolute Gasteiger partial charge is 0.511 e. The van der Waals surface area contributed by atoms with Crippen LogP contribution in [0.5, 0.6) is 0 Å². The Balaban J connectivity index is 3.26. The van der Waals surface area contributed by atoms with Gasteiger partial charge in [0.1, 0.15) is 0 Å². The normalized spacial score (nSPS) is 10.4. The molecule has 0 aliphatic rings. The highest BCUT2D eigenvalue weighted by atomic mass is 16.8. The average Bonchev–Trinajstić information content (AvgIpc) is 2.16. The van der Waals surface area contributed by atoms with Crippen molar-refractivity contribution in [2.24, 2.45) is 16.4 Å². The van der Waals surface area contributed by atoms with Crippen LogP contribution in [0.25, 0.3) is 0 Å². The highest BCUT2D eigenvalue weighted by Crippen LogP contribution is 1.88. The van der Waals surface area contributed by atoms with Gasteiger partial charge in [-0.05, 0) is 18.1 Å². The zero-order valence-corrected chi connectivity index (χ0v) is 9.23. The summed E-state index contributed by atoms with van der Waals surface area (Å²) in [6, 6.07) is 0. The van der Waals surface area contributed by atoms with Crippen molar-refractivity contribution >= 4 is 6.16 Å². The van der Waals surface area contributed by atoms with Gasteiger partial charge in [-0.15, -0.1) is 0 Å². The highest BCUT2D eigenvalue weighted by Gasteiger charge is 2.00. The van der Waals surface area contributed by atoms with E-state index < -0.39 is 6.16 Å². The Morgan fingerprint density at radius 3 is 2.73 bits per heavy atom. The third-order valence-electron chi connectivity index (χ3n) is 1.16. The first-order valence-corrected chi connectivity index (χ1v) is 4.71. The number of nitrogens with one attached hydrogen (secondary N) is 1. The Kier molecular flexibility index (Phi) is 8.12. The Labute approximate surface area is 88.7 Å². The summed E-state index contributed by atoms with van der Waals surface area (Å²) in [6.45, 7) is 6.39. The molecular weight excluding hydrogens is 202 g/mol. The standard InChI is InChI=1S/C8H17N3O4/c1-4-13-8(12)14-6-15-11-10-9-5-7(2)3/h7H,4-6H2,1-3H3,(H,9,11). The topological polar surface area (TPSA) is 81.5 Å². The molecule has 0 fully saturated rings. The van der Waals surface area contributed by atoms with Crippen LogP contribution >= 0.6 is 0 Å². The second kappa shape index (κ2) is 9.04. The van der Waals surface area contributed by atoms with Crippen molar-refractivity contribution < 1.29 is 19.1 Å². The van der Waals surface area contributed by atoms with E-state index in [-0.39, 0.29) is 13.4 Å². The van der Waals surface area contributed by atoms with Crippen molar-refractivity contribution in [1.29, 1.82) is 0 Å². The molecule has 0 amide bonds. The van der Waals surface area contributed by atoms with Gasteiger partial charge >= 0.3 is 6.16 Å². The predicted molar refractivity (Wildman–Crippen MR) is 51.8 cm³/mol. The molecule has 0 aliphatic heterocycles. The fourth-order valence-corrected chi connectivity index (χ4v) is 0.539. The molecular formula is C8H17N3O4. The molecule has 1 N–H and O–H groups in total. The molecule has 0 saturated heterocycles. The summed E-state index contributed by atoms with van der Waals surface area (Å²) >= 11 is 0. The fraction of sp³-hybridized carbons (Fsp3) is 0.875. The van der Waals surface area contributed by atoms with E-state index in [9.17, 15) is 4.79 Å². The number of nitrogens with zero attached hydrogens (tertiary/aromatic N) is 2. The molecule has 7 nitrogen and oxygen atoms in total. The minimum atomic E-state index is -0.789. The van der Waals surface area contributed by atoms with Crippen LogP contribution in [-0.4, -0.2) is 26.1 Å². The van der Waals surface area contributed by atoms with Gasteiger partial charge in [-0.25, -0.2) is 4.79 Å². The van der Waals surface area contributed by atoms with Gasteiger partial charge in [-0.3, -0.25) is 5.43 Å². The lowest BCUT2D eigenvalue weighted by molar-refractivity contribution is -0.0503. The van der Waals surface area contributed by atoms with Crippen LogP contribution in [0.4, 0.5) is 4.79 Å². The lowest BCUT2D eigenvalue weighted by atomic mass is 10.2. The van der Waals surface area contributed by atoms with E-state index >= 15 is 0 Å². The van der Waals surface area contributed by atoms with Gasteiger partial charge in [0, 0.05) is 11.8 Å². The number of ether oxygens (including phenoxy) is 2. The van der Waals surface area contributed by atoms with E-state index in [1.165, 1.54) is 0 Å². The third-order valence-corrected chi connectivity index (χ3v) is 1.16. The van der Waals surface area contributed by atoms with Crippen LogP contribution in [0.2, 0.25) is 0 Å². The second-order valence-electron chi connectivity index (χ2n) is 3.01. The van der Waals surface area contributed by atoms with Crippen molar-refractivity contribution in [1.82, 2.24) is 5.43 Å². The number of carbonyl (C=O) groups excluding carboxylic acids is 1. The van der Waals surface area contributed by atoms with Gasteiger partial charge in [0.2, 0.25) is 0 Å². The molecule has 0 bridgehead atoms. The first-order valence-electron chi connectivity index (χ1n) is 4.71. The van der Waals surface area contributed by atoms with Gasteiger partial charge in [0.15, 0.2) is 0 Å². The lowest BCUT2D eigenvalue weighted by Gasteiger charge is -2.02. The number of carbonyl (C=O) groups is 1. The van der Waals surface area contributed by atoms with Gasteiger partial charge in [-0.1, -0.05) is 13.8 Å². The maximum atomic E-state index is 10.6. The van der Waals surface area contributed by atoms with Crippen molar-refractivity contribution in [3.05, 3.63) is 0 Å². The molecule has 7 heteroatoms. The van der Waals surface area contributed by atoms with Crippen LogP contribution in [0.1, 0.15) is 20.8 Å². The zero-order valence-electron chi connectivity index (χ0n) is 9.23. The summed E-state index contributed by atoms with van der Waals surface area (Å²) in [7, 11) is 0.